The van der Waals surface area contributed by atoms with Crippen LogP contribution in [0.25, 0.3) is 0 Å². The van der Waals surface area contributed by atoms with E-state index in [4.69, 9.17) is 4.74 Å². The Hall–Kier alpha value is -0.650. The van der Waals surface area contributed by atoms with Crippen molar-refractivity contribution in [3.05, 3.63) is 0 Å². The molecule has 3 fully saturated rings. The first-order valence-electron chi connectivity index (χ1n) is 7.65. The molecule has 0 aromatic rings. The summed E-state index contributed by atoms with van der Waals surface area (Å²) in [5.41, 5.74) is 0. The molecule has 19 heavy (non-hydrogen) atoms. The molecule has 0 aromatic heterocycles. The molecule has 2 atom stereocenters. The summed E-state index contributed by atoms with van der Waals surface area (Å²) in [5.74, 6) is 0.185. The molecule has 2 bridgehead atoms. The highest BCUT2D eigenvalue weighted by Gasteiger charge is 2.30. The van der Waals surface area contributed by atoms with Gasteiger partial charge in [-0.3, -0.25) is 9.69 Å². The Morgan fingerprint density at radius 3 is 2.79 bits per heavy atom. The summed E-state index contributed by atoms with van der Waals surface area (Å²) in [4.78, 5) is 14.4. The van der Waals surface area contributed by atoms with Crippen LogP contribution in [0.15, 0.2) is 0 Å². The number of hydrogen-bond acceptors (Lipinski definition) is 4. The van der Waals surface area contributed by atoms with E-state index in [-0.39, 0.29) is 5.91 Å². The highest BCUT2D eigenvalue weighted by molar-refractivity contribution is 5.78. The Bertz CT molecular complexity index is 318. The zero-order chi connectivity index (χ0) is 13.1. The third-order valence-corrected chi connectivity index (χ3v) is 4.56. The molecule has 2 unspecified atom stereocenters. The maximum atomic E-state index is 12.1. The number of amides is 1. The lowest BCUT2D eigenvalue weighted by Gasteiger charge is -2.26. The van der Waals surface area contributed by atoms with Crippen LogP contribution >= 0.6 is 0 Å². The lowest BCUT2D eigenvalue weighted by atomic mass is 10.1. The maximum Gasteiger partial charge on any atom is 0.234 e. The fourth-order valence-electron chi connectivity index (χ4n) is 3.48. The van der Waals surface area contributed by atoms with Crippen molar-refractivity contribution < 1.29 is 9.53 Å². The topological polar surface area (TPSA) is 53.6 Å². The van der Waals surface area contributed by atoms with Gasteiger partial charge in [0, 0.05) is 44.4 Å². The first-order valence-corrected chi connectivity index (χ1v) is 7.65. The summed E-state index contributed by atoms with van der Waals surface area (Å²) < 4.78 is 5.31. The highest BCUT2D eigenvalue weighted by Crippen LogP contribution is 2.20. The second-order valence-corrected chi connectivity index (χ2v) is 6.12. The fraction of sp³-hybridized carbons (Fsp3) is 0.929. The molecular weight excluding hydrogens is 242 g/mol. The van der Waals surface area contributed by atoms with E-state index in [1.54, 1.807) is 0 Å². The van der Waals surface area contributed by atoms with Crippen molar-refractivity contribution in [1.82, 2.24) is 15.5 Å². The molecule has 0 radical (unpaired) electrons. The average molecular weight is 267 g/mol. The van der Waals surface area contributed by atoms with Crippen molar-refractivity contribution in [2.75, 3.05) is 32.8 Å². The number of ether oxygens (including phenoxy) is 1. The third kappa shape index (κ3) is 3.68. The van der Waals surface area contributed by atoms with Crippen molar-refractivity contribution in [2.45, 2.75) is 50.2 Å². The van der Waals surface area contributed by atoms with Crippen molar-refractivity contribution in [3.63, 3.8) is 0 Å². The number of nitrogens with zero attached hydrogens (tertiary/aromatic N) is 1. The van der Waals surface area contributed by atoms with Gasteiger partial charge in [0.15, 0.2) is 0 Å². The SMILES string of the molecule is O=C(CN1CCC2CCC(C1)N2)NC1CCOCC1. The van der Waals surface area contributed by atoms with E-state index < -0.39 is 0 Å². The molecular formula is C14H25N3O2. The van der Waals surface area contributed by atoms with Crippen LogP contribution in [-0.2, 0) is 9.53 Å². The second kappa shape index (κ2) is 6.20. The van der Waals surface area contributed by atoms with Gasteiger partial charge >= 0.3 is 0 Å². The molecule has 0 aromatic carbocycles. The Labute approximate surface area is 115 Å². The summed E-state index contributed by atoms with van der Waals surface area (Å²) >= 11 is 0. The molecule has 108 valence electrons. The van der Waals surface area contributed by atoms with E-state index in [0.29, 0.717) is 24.7 Å². The highest BCUT2D eigenvalue weighted by atomic mass is 16.5. The minimum absolute atomic E-state index is 0.185. The predicted octanol–water partition coefficient (Wildman–Crippen LogP) is 0.108. The zero-order valence-electron chi connectivity index (χ0n) is 11.6. The third-order valence-electron chi connectivity index (χ3n) is 4.56. The van der Waals surface area contributed by atoms with Gasteiger partial charge in [0.25, 0.3) is 0 Å². The smallest absolute Gasteiger partial charge is 0.234 e. The normalized spacial score (nSPS) is 33.1. The maximum absolute atomic E-state index is 12.1. The number of likely N-dealkylation sites (tertiary alicyclic amines) is 1. The van der Waals surface area contributed by atoms with E-state index in [1.807, 2.05) is 0 Å². The molecule has 0 aliphatic carbocycles. The Morgan fingerprint density at radius 1 is 1.16 bits per heavy atom. The number of carbonyl (C=O) groups excluding carboxylic acids is 1. The molecule has 2 N–H and O–H groups in total. The van der Waals surface area contributed by atoms with Crippen molar-refractivity contribution in [1.29, 1.82) is 0 Å². The quantitative estimate of drug-likeness (QED) is 0.762. The molecule has 3 aliphatic rings. The van der Waals surface area contributed by atoms with Gasteiger partial charge in [0.05, 0.1) is 6.54 Å². The molecule has 3 heterocycles. The number of fused-ring (bicyclic) bond motifs is 2. The van der Waals surface area contributed by atoms with Gasteiger partial charge in [-0.15, -0.1) is 0 Å². The lowest BCUT2D eigenvalue weighted by molar-refractivity contribution is -0.123. The molecule has 5 heteroatoms. The first-order chi connectivity index (χ1) is 9.29. The Morgan fingerprint density at radius 2 is 1.95 bits per heavy atom. The van der Waals surface area contributed by atoms with Crippen LogP contribution in [0.1, 0.15) is 32.1 Å². The lowest BCUT2D eigenvalue weighted by Crippen LogP contribution is -2.46. The fourth-order valence-corrected chi connectivity index (χ4v) is 3.48. The standard InChI is InChI=1S/C14H25N3O2/c18-14(16-12-4-7-19-8-5-12)10-17-6-3-11-1-2-13(9-17)15-11/h11-13,15H,1-10H2,(H,16,18). The second-order valence-electron chi connectivity index (χ2n) is 6.12. The van der Waals surface area contributed by atoms with Gasteiger partial charge in [-0.05, 0) is 32.1 Å². The van der Waals surface area contributed by atoms with Gasteiger partial charge in [-0.1, -0.05) is 0 Å². The zero-order valence-corrected chi connectivity index (χ0v) is 11.6. The van der Waals surface area contributed by atoms with Crippen molar-refractivity contribution >= 4 is 5.91 Å². The number of hydrogen-bond donors (Lipinski definition) is 2. The number of rotatable bonds is 3. The Kier molecular flexibility index (Phi) is 4.35. The van der Waals surface area contributed by atoms with Gasteiger partial charge in [-0.2, -0.15) is 0 Å². The van der Waals surface area contributed by atoms with E-state index >= 15 is 0 Å². The number of nitrogens with one attached hydrogen (secondary N) is 2. The van der Waals surface area contributed by atoms with Gasteiger partial charge < -0.3 is 15.4 Å². The monoisotopic (exact) mass is 267 g/mol. The minimum Gasteiger partial charge on any atom is -0.381 e. The summed E-state index contributed by atoms with van der Waals surface area (Å²) in [5, 5.41) is 6.80. The Balaban J connectivity index is 1.43. The van der Waals surface area contributed by atoms with Crippen LogP contribution in [0.2, 0.25) is 0 Å². The summed E-state index contributed by atoms with van der Waals surface area (Å²) in [6.45, 7) is 4.19. The van der Waals surface area contributed by atoms with E-state index in [2.05, 4.69) is 15.5 Å². The van der Waals surface area contributed by atoms with E-state index in [9.17, 15) is 4.79 Å². The molecule has 3 rings (SSSR count). The van der Waals surface area contributed by atoms with Crippen molar-refractivity contribution in [2.24, 2.45) is 0 Å². The van der Waals surface area contributed by atoms with Crippen LogP contribution < -0.4 is 10.6 Å². The van der Waals surface area contributed by atoms with E-state index in [1.165, 1.54) is 19.3 Å². The number of carbonyl (C=O) groups is 1. The van der Waals surface area contributed by atoms with Crippen LogP contribution in [0.4, 0.5) is 0 Å². The summed E-state index contributed by atoms with van der Waals surface area (Å²) in [6, 6.07) is 1.61. The van der Waals surface area contributed by atoms with Gasteiger partial charge in [-0.25, -0.2) is 0 Å². The molecule has 3 aliphatic heterocycles. The van der Waals surface area contributed by atoms with Crippen molar-refractivity contribution in [3.8, 4) is 0 Å². The molecule has 3 saturated heterocycles. The summed E-state index contributed by atoms with van der Waals surface area (Å²) in [7, 11) is 0. The summed E-state index contributed by atoms with van der Waals surface area (Å²) in [6.07, 6.45) is 5.67. The molecule has 0 saturated carbocycles. The van der Waals surface area contributed by atoms with Gasteiger partial charge in [0.2, 0.25) is 5.91 Å². The largest absolute Gasteiger partial charge is 0.381 e. The average Bonchev–Trinajstić information content (AvgIpc) is 2.74. The first kappa shape index (κ1) is 13.3. The van der Waals surface area contributed by atoms with Crippen LogP contribution in [0.3, 0.4) is 0 Å². The van der Waals surface area contributed by atoms with Crippen LogP contribution in [0.5, 0.6) is 0 Å². The van der Waals surface area contributed by atoms with Crippen LogP contribution in [-0.4, -0.2) is 61.8 Å². The minimum atomic E-state index is 0.185. The van der Waals surface area contributed by atoms with Gasteiger partial charge in [0.1, 0.15) is 0 Å². The molecule has 5 nitrogen and oxygen atoms in total. The predicted molar refractivity (Wildman–Crippen MR) is 73.0 cm³/mol. The molecule has 0 spiro atoms. The van der Waals surface area contributed by atoms with Crippen LogP contribution in [0, 0.1) is 0 Å². The molecule has 1 amide bonds. The van der Waals surface area contributed by atoms with E-state index in [0.717, 1.165) is 39.1 Å².